The van der Waals surface area contributed by atoms with Crippen LogP contribution < -0.4 is 5.32 Å². The lowest BCUT2D eigenvalue weighted by molar-refractivity contribution is -0.141. The summed E-state index contributed by atoms with van der Waals surface area (Å²) in [5.74, 6) is 0.175. The Hall–Kier alpha value is -2.90. The summed E-state index contributed by atoms with van der Waals surface area (Å²) in [6.45, 7) is 0. The van der Waals surface area contributed by atoms with Crippen LogP contribution in [0, 0.1) is 0 Å². The number of aromatic nitrogens is 3. The zero-order valence-corrected chi connectivity index (χ0v) is 13.5. The molecule has 1 aliphatic heterocycles. The smallest absolute Gasteiger partial charge is 0.326 e. The van der Waals surface area contributed by atoms with E-state index in [9.17, 15) is 18.0 Å². The summed E-state index contributed by atoms with van der Waals surface area (Å²) < 4.78 is 40.8. The highest BCUT2D eigenvalue weighted by Gasteiger charge is 2.35. The fraction of sp³-hybridized carbons (Fsp3) is 0.278. The number of amides is 1. The highest BCUT2D eigenvalue weighted by molar-refractivity contribution is 5.99. The number of nitrogens with one attached hydrogen (secondary N) is 1. The van der Waals surface area contributed by atoms with Crippen molar-refractivity contribution < 1.29 is 18.0 Å². The van der Waals surface area contributed by atoms with E-state index >= 15 is 0 Å². The second kappa shape index (κ2) is 5.06. The van der Waals surface area contributed by atoms with Crippen molar-refractivity contribution in [3.63, 3.8) is 0 Å². The number of alkyl halides is 3. The van der Waals surface area contributed by atoms with Crippen molar-refractivity contribution in [2.75, 3.05) is 5.32 Å². The predicted octanol–water partition coefficient (Wildman–Crippen LogP) is 3.79. The minimum Gasteiger partial charge on any atom is -0.326 e. The van der Waals surface area contributed by atoms with E-state index in [4.69, 9.17) is 0 Å². The number of benzene rings is 1. The Labute approximate surface area is 145 Å². The Kier molecular flexibility index (Phi) is 2.99. The number of carbonyl (C=O) groups is 1. The molecule has 1 fully saturated rings. The number of hydrogen-bond acceptors (Lipinski definition) is 3. The van der Waals surface area contributed by atoms with Gasteiger partial charge in [-0.25, -0.2) is 9.97 Å². The van der Waals surface area contributed by atoms with Crippen LogP contribution >= 0.6 is 0 Å². The number of anilines is 1. The lowest BCUT2D eigenvalue weighted by Crippen LogP contribution is -2.09. The third-order valence-corrected chi connectivity index (χ3v) is 4.79. The van der Waals surface area contributed by atoms with E-state index in [-0.39, 0.29) is 18.2 Å². The minimum absolute atomic E-state index is 0.0822. The molecule has 0 bridgehead atoms. The number of rotatable bonds is 2. The second-order valence-corrected chi connectivity index (χ2v) is 6.72. The van der Waals surface area contributed by atoms with Gasteiger partial charge in [0.2, 0.25) is 5.91 Å². The number of nitrogens with zero attached hydrogens (tertiary/aromatic N) is 3. The summed E-state index contributed by atoms with van der Waals surface area (Å²) >= 11 is 0. The van der Waals surface area contributed by atoms with Crippen molar-refractivity contribution in [3.05, 3.63) is 47.5 Å². The number of fused-ring (bicyclic) bond motifs is 2. The molecule has 8 heteroatoms. The minimum atomic E-state index is -4.52. The van der Waals surface area contributed by atoms with Crippen molar-refractivity contribution in [1.82, 2.24) is 14.4 Å². The van der Waals surface area contributed by atoms with Gasteiger partial charge in [-0.2, -0.15) is 13.2 Å². The first kappa shape index (κ1) is 15.4. The van der Waals surface area contributed by atoms with Crippen LogP contribution in [0.1, 0.15) is 35.7 Å². The van der Waals surface area contributed by atoms with Gasteiger partial charge in [0.15, 0.2) is 11.3 Å². The van der Waals surface area contributed by atoms with E-state index in [1.54, 1.807) is 6.07 Å². The van der Waals surface area contributed by atoms with Crippen molar-refractivity contribution in [3.8, 4) is 11.3 Å². The van der Waals surface area contributed by atoms with Crippen LogP contribution in [0.5, 0.6) is 0 Å². The molecule has 5 nitrogen and oxygen atoms in total. The van der Waals surface area contributed by atoms with Crippen LogP contribution in [0.25, 0.3) is 16.9 Å². The Morgan fingerprint density at radius 1 is 1.23 bits per heavy atom. The fourth-order valence-corrected chi connectivity index (χ4v) is 3.42. The van der Waals surface area contributed by atoms with Gasteiger partial charge in [0.1, 0.15) is 0 Å². The molecule has 2 aromatic heterocycles. The SMILES string of the molecule is O=C1Cc2cc(-c3c(C4CC4)nc4cnc(C(F)(F)F)cn34)ccc2N1. The summed E-state index contributed by atoms with van der Waals surface area (Å²) in [6, 6.07) is 5.46. The van der Waals surface area contributed by atoms with Gasteiger partial charge in [-0.15, -0.1) is 0 Å². The predicted molar refractivity (Wildman–Crippen MR) is 87.7 cm³/mol. The van der Waals surface area contributed by atoms with Gasteiger partial charge < -0.3 is 5.32 Å². The van der Waals surface area contributed by atoms with Crippen LogP contribution in [-0.4, -0.2) is 20.3 Å². The Morgan fingerprint density at radius 3 is 2.77 bits per heavy atom. The van der Waals surface area contributed by atoms with Crippen molar-refractivity contribution >= 4 is 17.2 Å². The van der Waals surface area contributed by atoms with Crippen molar-refractivity contribution in [1.29, 1.82) is 0 Å². The normalized spacial score (nSPS) is 16.8. The molecule has 1 amide bonds. The van der Waals surface area contributed by atoms with Crippen LogP contribution in [0.15, 0.2) is 30.6 Å². The number of halogens is 3. The van der Waals surface area contributed by atoms with E-state index in [1.807, 2.05) is 12.1 Å². The van der Waals surface area contributed by atoms with Gasteiger partial charge >= 0.3 is 6.18 Å². The Balaban J connectivity index is 1.74. The number of hydrogen-bond donors (Lipinski definition) is 1. The van der Waals surface area contributed by atoms with Crippen molar-refractivity contribution in [2.45, 2.75) is 31.4 Å². The van der Waals surface area contributed by atoms with Gasteiger partial charge in [-0.3, -0.25) is 9.20 Å². The summed E-state index contributed by atoms with van der Waals surface area (Å²) in [5.41, 5.74) is 3.23. The molecule has 2 aliphatic rings. The molecular formula is C18H13F3N4O. The van der Waals surface area contributed by atoms with E-state index < -0.39 is 11.9 Å². The molecule has 0 spiro atoms. The first-order valence-electron chi connectivity index (χ1n) is 8.28. The zero-order valence-electron chi connectivity index (χ0n) is 13.5. The average molecular weight is 358 g/mol. The first-order valence-corrected chi connectivity index (χ1v) is 8.28. The molecule has 1 saturated carbocycles. The van der Waals surface area contributed by atoms with E-state index in [1.165, 1.54) is 4.40 Å². The van der Waals surface area contributed by atoms with Gasteiger partial charge in [-0.05, 0) is 30.5 Å². The van der Waals surface area contributed by atoms with Gasteiger partial charge in [0, 0.05) is 23.4 Å². The van der Waals surface area contributed by atoms with Gasteiger partial charge in [-0.1, -0.05) is 6.07 Å². The lowest BCUT2D eigenvalue weighted by Gasteiger charge is -2.09. The second-order valence-electron chi connectivity index (χ2n) is 6.72. The third kappa shape index (κ3) is 2.36. The highest BCUT2D eigenvalue weighted by Crippen LogP contribution is 2.45. The first-order chi connectivity index (χ1) is 12.4. The molecular weight excluding hydrogens is 345 g/mol. The highest BCUT2D eigenvalue weighted by atomic mass is 19.4. The van der Waals surface area contributed by atoms with Crippen LogP contribution in [0.3, 0.4) is 0 Å². The maximum Gasteiger partial charge on any atom is 0.434 e. The van der Waals surface area contributed by atoms with E-state index in [0.29, 0.717) is 11.3 Å². The zero-order chi connectivity index (χ0) is 18.1. The molecule has 0 radical (unpaired) electrons. The largest absolute Gasteiger partial charge is 0.434 e. The molecule has 26 heavy (non-hydrogen) atoms. The summed E-state index contributed by atoms with van der Waals surface area (Å²) in [7, 11) is 0. The summed E-state index contributed by atoms with van der Waals surface area (Å²) in [6.07, 6.45) is -0.141. The van der Waals surface area contributed by atoms with E-state index in [0.717, 1.165) is 47.7 Å². The maximum absolute atomic E-state index is 13.1. The maximum atomic E-state index is 13.1. The molecule has 5 rings (SSSR count). The monoisotopic (exact) mass is 358 g/mol. The van der Waals surface area contributed by atoms with Gasteiger partial charge in [0.25, 0.3) is 0 Å². The fourth-order valence-electron chi connectivity index (χ4n) is 3.42. The quantitative estimate of drug-likeness (QED) is 0.758. The molecule has 1 aliphatic carbocycles. The molecule has 3 heterocycles. The molecule has 0 atom stereocenters. The topological polar surface area (TPSA) is 59.3 Å². The van der Waals surface area contributed by atoms with Crippen molar-refractivity contribution in [2.24, 2.45) is 0 Å². The molecule has 1 N–H and O–H groups in total. The number of carbonyl (C=O) groups excluding carboxylic acids is 1. The molecule has 1 aromatic carbocycles. The summed E-state index contributed by atoms with van der Waals surface area (Å²) in [4.78, 5) is 19.6. The standard InChI is InChI=1S/C18H13F3N4O/c19-18(20,21)13-8-25-14(7-22-13)24-16(9-1-2-9)17(25)10-3-4-12-11(5-10)6-15(26)23-12/h3-5,7-9H,1-2,6H2,(H,23,26). The van der Waals surface area contributed by atoms with Crippen LogP contribution in [0.2, 0.25) is 0 Å². The Bertz CT molecular complexity index is 1070. The Morgan fingerprint density at radius 2 is 2.04 bits per heavy atom. The summed E-state index contributed by atoms with van der Waals surface area (Å²) in [5, 5.41) is 2.77. The number of imidazole rings is 1. The lowest BCUT2D eigenvalue weighted by atomic mass is 10.0. The van der Waals surface area contributed by atoms with E-state index in [2.05, 4.69) is 15.3 Å². The third-order valence-electron chi connectivity index (χ3n) is 4.79. The molecule has 0 saturated heterocycles. The van der Waals surface area contributed by atoms with Crippen LogP contribution in [-0.2, 0) is 17.4 Å². The molecule has 0 unspecified atom stereocenters. The van der Waals surface area contributed by atoms with Crippen LogP contribution in [0.4, 0.5) is 18.9 Å². The average Bonchev–Trinajstić information content (AvgIpc) is 3.25. The molecule has 132 valence electrons. The molecule has 3 aromatic rings. The van der Waals surface area contributed by atoms with Gasteiger partial charge in [0.05, 0.1) is 24.0 Å².